The molecule has 3 atom stereocenters. The van der Waals surface area contributed by atoms with Gasteiger partial charge in [0.2, 0.25) is 11.8 Å². The SMILES string of the molecule is CNC(=O)/C(C#N)=C/[C@H](C[C@@H]1CCCNC1=O)NC(=O)[C@H](Cc1ccc(F)cc1)NC(=O)c1cc(C)on1. The Hall–Kier alpha value is -4.53. The third-order valence-electron chi connectivity index (χ3n) is 6.06. The van der Waals surface area contributed by atoms with E-state index in [2.05, 4.69) is 26.4 Å². The Kier molecular flexibility index (Phi) is 9.70. The number of aryl methyl sites for hydroxylation is 1. The molecule has 0 saturated carbocycles. The quantitative estimate of drug-likeness (QED) is 0.266. The summed E-state index contributed by atoms with van der Waals surface area (Å²) in [6.07, 6.45) is 2.78. The minimum atomic E-state index is -1.13. The Balaban J connectivity index is 1.87. The number of aromatic nitrogens is 1. The van der Waals surface area contributed by atoms with E-state index in [0.29, 0.717) is 24.3 Å². The molecule has 4 amide bonds. The molecule has 1 aliphatic heterocycles. The van der Waals surface area contributed by atoms with Crippen molar-refractivity contribution < 1.29 is 28.1 Å². The van der Waals surface area contributed by atoms with Gasteiger partial charge < -0.3 is 25.8 Å². The predicted molar refractivity (Wildman–Crippen MR) is 133 cm³/mol. The van der Waals surface area contributed by atoms with Gasteiger partial charge in [-0.25, -0.2) is 4.39 Å². The molecule has 0 spiro atoms. The third-order valence-corrected chi connectivity index (χ3v) is 6.06. The Bertz CT molecular complexity index is 1250. The van der Waals surface area contributed by atoms with Gasteiger partial charge in [-0.2, -0.15) is 5.26 Å². The lowest BCUT2D eigenvalue weighted by Gasteiger charge is -2.27. The number of likely N-dealkylation sites (N-methyl/N-ethyl adjacent to an activating group) is 1. The van der Waals surface area contributed by atoms with Crippen LogP contribution in [0, 0.1) is 30.0 Å². The lowest BCUT2D eigenvalue weighted by molar-refractivity contribution is -0.128. The molecule has 0 radical (unpaired) electrons. The predicted octanol–water partition coefficient (Wildman–Crippen LogP) is 1.06. The van der Waals surface area contributed by atoms with Crippen LogP contribution in [0.4, 0.5) is 4.39 Å². The summed E-state index contributed by atoms with van der Waals surface area (Å²) in [6.45, 7) is 2.17. The van der Waals surface area contributed by atoms with E-state index in [1.165, 1.54) is 43.5 Å². The maximum atomic E-state index is 13.5. The number of amides is 4. The lowest BCUT2D eigenvalue weighted by atomic mass is 9.90. The van der Waals surface area contributed by atoms with Gasteiger partial charge in [0.1, 0.15) is 29.3 Å². The number of nitrogens with zero attached hydrogens (tertiary/aromatic N) is 2. The minimum absolute atomic E-state index is 0.00951. The van der Waals surface area contributed by atoms with E-state index < -0.39 is 41.5 Å². The van der Waals surface area contributed by atoms with E-state index in [1.54, 1.807) is 6.92 Å². The first-order chi connectivity index (χ1) is 18.2. The first-order valence-corrected chi connectivity index (χ1v) is 12.1. The highest BCUT2D eigenvalue weighted by molar-refractivity contribution is 5.98. The van der Waals surface area contributed by atoms with Crippen molar-refractivity contribution >= 4 is 23.6 Å². The number of carbonyl (C=O) groups is 4. The van der Waals surface area contributed by atoms with Gasteiger partial charge in [-0.3, -0.25) is 19.2 Å². The van der Waals surface area contributed by atoms with Crippen molar-refractivity contribution in [3.05, 3.63) is 64.8 Å². The van der Waals surface area contributed by atoms with E-state index in [4.69, 9.17) is 4.52 Å². The fourth-order valence-electron chi connectivity index (χ4n) is 4.09. The maximum Gasteiger partial charge on any atom is 0.274 e. The van der Waals surface area contributed by atoms with Crippen LogP contribution in [0.3, 0.4) is 0 Å². The number of rotatable bonds is 10. The average Bonchev–Trinajstić information content (AvgIpc) is 3.35. The summed E-state index contributed by atoms with van der Waals surface area (Å²) in [7, 11) is 1.37. The number of nitriles is 1. The van der Waals surface area contributed by atoms with E-state index >= 15 is 0 Å². The molecule has 12 heteroatoms. The zero-order valence-electron chi connectivity index (χ0n) is 21.0. The van der Waals surface area contributed by atoms with E-state index in [0.717, 1.165) is 6.42 Å². The molecule has 3 rings (SSSR count). The second-order valence-corrected chi connectivity index (χ2v) is 8.93. The molecule has 11 nitrogen and oxygen atoms in total. The van der Waals surface area contributed by atoms with Crippen LogP contribution in [0.2, 0.25) is 0 Å². The van der Waals surface area contributed by atoms with Gasteiger partial charge in [-0.05, 0) is 50.0 Å². The van der Waals surface area contributed by atoms with Gasteiger partial charge in [0.15, 0.2) is 5.69 Å². The van der Waals surface area contributed by atoms with Gasteiger partial charge in [0.05, 0.1) is 0 Å². The Labute approximate surface area is 218 Å². The highest BCUT2D eigenvalue weighted by Gasteiger charge is 2.29. The zero-order valence-corrected chi connectivity index (χ0v) is 21.0. The molecule has 38 heavy (non-hydrogen) atoms. The van der Waals surface area contributed by atoms with E-state index in [-0.39, 0.29) is 30.0 Å². The summed E-state index contributed by atoms with van der Waals surface area (Å²) < 4.78 is 18.4. The van der Waals surface area contributed by atoms with Crippen molar-refractivity contribution in [2.45, 2.75) is 44.7 Å². The number of carbonyl (C=O) groups excluding carboxylic acids is 4. The molecule has 4 N–H and O–H groups in total. The standard InChI is InChI=1S/C26H29FN6O5/c1-15-10-22(33-38-15)26(37)32-21(11-16-5-7-19(27)8-6-16)25(36)31-20(13-18(14-28)23(34)29-2)12-17-4-3-9-30-24(17)35/h5-8,10,13,17,20-21H,3-4,9,11-12H2,1-2H3,(H,29,34)(H,30,35)(H,31,36)(H,32,37)/b18-13+/t17-,20-,21-/m0/s1. The normalized spacial score (nSPS) is 16.9. The largest absolute Gasteiger partial charge is 0.361 e. The molecule has 1 aromatic carbocycles. The van der Waals surface area contributed by atoms with Crippen molar-refractivity contribution in [3.8, 4) is 6.07 Å². The van der Waals surface area contributed by atoms with Crippen molar-refractivity contribution in [1.82, 2.24) is 26.4 Å². The Morgan fingerprint density at radius 1 is 1.29 bits per heavy atom. The molecule has 2 heterocycles. The molecule has 200 valence electrons. The van der Waals surface area contributed by atoms with Crippen LogP contribution in [0.25, 0.3) is 0 Å². The first kappa shape index (κ1) is 28.0. The van der Waals surface area contributed by atoms with Crippen LogP contribution in [0.1, 0.15) is 41.1 Å². The monoisotopic (exact) mass is 524 g/mol. The van der Waals surface area contributed by atoms with Gasteiger partial charge in [-0.1, -0.05) is 17.3 Å². The van der Waals surface area contributed by atoms with Crippen molar-refractivity contribution in [1.29, 1.82) is 5.26 Å². The molecule has 0 bridgehead atoms. The maximum absolute atomic E-state index is 13.5. The second-order valence-electron chi connectivity index (χ2n) is 8.93. The second kappa shape index (κ2) is 13.1. The summed E-state index contributed by atoms with van der Waals surface area (Å²) in [5.74, 6) is -2.61. The van der Waals surface area contributed by atoms with Crippen LogP contribution in [0.5, 0.6) is 0 Å². The van der Waals surface area contributed by atoms with Gasteiger partial charge in [-0.15, -0.1) is 0 Å². The summed E-state index contributed by atoms with van der Waals surface area (Å²) in [5, 5.41) is 23.7. The van der Waals surface area contributed by atoms with Gasteiger partial charge in [0.25, 0.3) is 11.8 Å². The summed E-state index contributed by atoms with van der Waals surface area (Å²) in [4.78, 5) is 50.8. The number of piperidine rings is 1. The number of nitrogens with one attached hydrogen (secondary N) is 4. The zero-order chi connectivity index (χ0) is 27.7. The fraction of sp³-hybridized carbons (Fsp3) is 0.385. The van der Waals surface area contributed by atoms with Crippen LogP contribution in [-0.2, 0) is 20.8 Å². The highest BCUT2D eigenvalue weighted by atomic mass is 19.1. The number of hydrogen-bond donors (Lipinski definition) is 4. The van der Waals surface area contributed by atoms with Crippen LogP contribution in [-0.4, -0.2) is 54.5 Å². The summed E-state index contributed by atoms with van der Waals surface area (Å²) >= 11 is 0. The van der Waals surface area contributed by atoms with E-state index in [9.17, 15) is 28.8 Å². The molecular formula is C26H29FN6O5. The van der Waals surface area contributed by atoms with Crippen molar-refractivity contribution in [2.75, 3.05) is 13.6 Å². The van der Waals surface area contributed by atoms with Crippen LogP contribution < -0.4 is 21.3 Å². The molecule has 0 aliphatic carbocycles. The van der Waals surface area contributed by atoms with Crippen LogP contribution in [0.15, 0.2) is 46.5 Å². The number of benzene rings is 1. The smallest absolute Gasteiger partial charge is 0.274 e. The lowest BCUT2D eigenvalue weighted by Crippen LogP contribution is -2.51. The third kappa shape index (κ3) is 7.73. The Morgan fingerprint density at radius 3 is 2.63 bits per heavy atom. The number of halogens is 1. The minimum Gasteiger partial charge on any atom is -0.361 e. The molecule has 1 fully saturated rings. The van der Waals surface area contributed by atoms with Crippen molar-refractivity contribution in [2.24, 2.45) is 5.92 Å². The van der Waals surface area contributed by atoms with Crippen LogP contribution >= 0.6 is 0 Å². The molecule has 1 saturated heterocycles. The number of hydrogen-bond acceptors (Lipinski definition) is 7. The van der Waals surface area contributed by atoms with Gasteiger partial charge >= 0.3 is 0 Å². The van der Waals surface area contributed by atoms with Gasteiger partial charge in [0, 0.05) is 38.0 Å². The van der Waals surface area contributed by atoms with Crippen molar-refractivity contribution in [3.63, 3.8) is 0 Å². The molecule has 1 aliphatic rings. The summed E-state index contributed by atoms with van der Waals surface area (Å²) in [6, 6.07) is 6.68. The molecule has 0 unspecified atom stereocenters. The summed E-state index contributed by atoms with van der Waals surface area (Å²) in [5.41, 5.74) is 0.317. The topological polar surface area (TPSA) is 166 Å². The fourth-order valence-corrected chi connectivity index (χ4v) is 4.09. The Morgan fingerprint density at radius 2 is 2.03 bits per heavy atom. The molecule has 2 aromatic rings. The van der Waals surface area contributed by atoms with E-state index in [1.807, 2.05) is 6.07 Å². The highest BCUT2D eigenvalue weighted by Crippen LogP contribution is 2.19. The molecule has 1 aromatic heterocycles. The average molecular weight is 525 g/mol. The molecular weight excluding hydrogens is 495 g/mol. The first-order valence-electron chi connectivity index (χ1n) is 12.1.